The van der Waals surface area contributed by atoms with Gasteiger partial charge in [0.25, 0.3) is 0 Å². The van der Waals surface area contributed by atoms with E-state index in [1.165, 1.54) is 70.8 Å². The lowest BCUT2D eigenvalue weighted by Crippen LogP contribution is -2.49. The molecule has 0 aromatic heterocycles. The lowest BCUT2D eigenvalue weighted by atomic mass is 10.1. The van der Waals surface area contributed by atoms with Crippen LogP contribution < -0.4 is 0 Å². The van der Waals surface area contributed by atoms with Crippen LogP contribution in [0.2, 0.25) is 0 Å². The molecular formula is C24H40N2O. The van der Waals surface area contributed by atoms with Crippen molar-refractivity contribution in [2.45, 2.75) is 77.6 Å². The maximum atomic E-state index is 12.4. The fourth-order valence-electron chi connectivity index (χ4n) is 3.93. The molecule has 0 bridgehead atoms. The average molecular weight is 373 g/mol. The zero-order valence-electron chi connectivity index (χ0n) is 17.5. The topological polar surface area (TPSA) is 23.6 Å². The summed E-state index contributed by atoms with van der Waals surface area (Å²) in [5.41, 5.74) is 1.12. The zero-order chi connectivity index (χ0) is 19.2. The summed E-state index contributed by atoms with van der Waals surface area (Å²) in [6.07, 6.45) is 14.5. The SMILES string of the molecule is CCCCCCCCCCCCN1CCN(C(=O)Cc2ccccc2)CC1. The summed E-state index contributed by atoms with van der Waals surface area (Å²) < 4.78 is 0. The average Bonchev–Trinajstić information content (AvgIpc) is 2.70. The third-order valence-electron chi connectivity index (χ3n) is 5.75. The van der Waals surface area contributed by atoms with Crippen LogP contribution in [0, 0.1) is 0 Å². The van der Waals surface area contributed by atoms with Crippen LogP contribution >= 0.6 is 0 Å². The van der Waals surface area contributed by atoms with Crippen molar-refractivity contribution in [2.75, 3.05) is 32.7 Å². The van der Waals surface area contributed by atoms with Crippen LogP contribution in [0.3, 0.4) is 0 Å². The lowest BCUT2D eigenvalue weighted by molar-refractivity contribution is -0.132. The maximum absolute atomic E-state index is 12.4. The Morgan fingerprint density at radius 1 is 0.778 bits per heavy atom. The summed E-state index contributed by atoms with van der Waals surface area (Å²) in [5, 5.41) is 0. The molecule has 0 radical (unpaired) electrons. The van der Waals surface area contributed by atoms with E-state index in [1.807, 2.05) is 35.2 Å². The fraction of sp³-hybridized carbons (Fsp3) is 0.708. The van der Waals surface area contributed by atoms with Crippen molar-refractivity contribution < 1.29 is 4.79 Å². The van der Waals surface area contributed by atoms with Crippen LogP contribution in [-0.2, 0) is 11.2 Å². The molecule has 1 aromatic rings. The van der Waals surface area contributed by atoms with E-state index < -0.39 is 0 Å². The van der Waals surface area contributed by atoms with Gasteiger partial charge in [-0.2, -0.15) is 0 Å². The van der Waals surface area contributed by atoms with Crippen molar-refractivity contribution in [3.05, 3.63) is 35.9 Å². The second kappa shape index (κ2) is 13.8. The van der Waals surface area contributed by atoms with Gasteiger partial charge in [-0.3, -0.25) is 9.69 Å². The van der Waals surface area contributed by atoms with Crippen LogP contribution in [0.15, 0.2) is 30.3 Å². The van der Waals surface area contributed by atoms with E-state index in [2.05, 4.69) is 11.8 Å². The van der Waals surface area contributed by atoms with Gasteiger partial charge < -0.3 is 4.90 Å². The maximum Gasteiger partial charge on any atom is 0.227 e. The number of rotatable bonds is 13. The summed E-state index contributed by atoms with van der Waals surface area (Å²) in [4.78, 5) is 17.0. The summed E-state index contributed by atoms with van der Waals surface area (Å²) in [6, 6.07) is 10.1. The predicted molar refractivity (Wildman–Crippen MR) is 115 cm³/mol. The number of hydrogen-bond acceptors (Lipinski definition) is 2. The largest absolute Gasteiger partial charge is 0.340 e. The number of piperazine rings is 1. The molecule has 3 nitrogen and oxygen atoms in total. The first-order valence-electron chi connectivity index (χ1n) is 11.3. The molecule has 0 aliphatic carbocycles. The van der Waals surface area contributed by atoms with Crippen molar-refractivity contribution in [2.24, 2.45) is 0 Å². The fourth-order valence-corrected chi connectivity index (χ4v) is 3.93. The molecule has 0 spiro atoms. The van der Waals surface area contributed by atoms with Gasteiger partial charge in [0.2, 0.25) is 5.91 Å². The monoisotopic (exact) mass is 372 g/mol. The van der Waals surface area contributed by atoms with Gasteiger partial charge in [-0.25, -0.2) is 0 Å². The molecule has 1 aromatic carbocycles. The molecule has 1 aliphatic heterocycles. The minimum atomic E-state index is 0.278. The Labute approximate surface area is 167 Å². The molecule has 1 saturated heterocycles. The summed E-state index contributed by atoms with van der Waals surface area (Å²) >= 11 is 0. The molecule has 0 saturated carbocycles. The summed E-state index contributed by atoms with van der Waals surface area (Å²) in [5.74, 6) is 0.278. The number of carbonyl (C=O) groups excluding carboxylic acids is 1. The van der Waals surface area contributed by atoms with E-state index in [1.54, 1.807) is 0 Å². The van der Waals surface area contributed by atoms with Crippen LogP contribution in [0.25, 0.3) is 0 Å². The number of unbranched alkanes of at least 4 members (excludes halogenated alkanes) is 9. The normalized spacial score (nSPS) is 15.2. The number of amides is 1. The Bertz CT molecular complexity index is 494. The predicted octanol–water partition coefficient (Wildman–Crippen LogP) is 5.29. The van der Waals surface area contributed by atoms with Gasteiger partial charge >= 0.3 is 0 Å². The molecule has 152 valence electrons. The van der Waals surface area contributed by atoms with E-state index >= 15 is 0 Å². The van der Waals surface area contributed by atoms with Gasteiger partial charge in [0.1, 0.15) is 0 Å². The zero-order valence-corrected chi connectivity index (χ0v) is 17.5. The van der Waals surface area contributed by atoms with Gasteiger partial charge in [-0.15, -0.1) is 0 Å². The molecule has 1 aliphatic rings. The lowest BCUT2D eigenvalue weighted by Gasteiger charge is -2.34. The summed E-state index contributed by atoms with van der Waals surface area (Å²) in [7, 11) is 0. The first-order chi connectivity index (χ1) is 13.3. The molecule has 27 heavy (non-hydrogen) atoms. The molecule has 1 heterocycles. The highest BCUT2D eigenvalue weighted by molar-refractivity contribution is 5.78. The highest BCUT2D eigenvalue weighted by Crippen LogP contribution is 2.12. The quantitative estimate of drug-likeness (QED) is 0.439. The van der Waals surface area contributed by atoms with E-state index in [9.17, 15) is 4.79 Å². The van der Waals surface area contributed by atoms with E-state index in [4.69, 9.17) is 0 Å². The summed E-state index contributed by atoms with van der Waals surface area (Å²) in [6.45, 7) is 7.35. The van der Waals surface area contributed by atoms with Gasteiger partial charge in [-0.1, -0.05) is 95.0 Å². The Morgan fingerprint density at radius 2 is 1.33 bits per heavy atom. The molecule has 0 atom stereocenters. The highest BCUT2D eigenvalue weighted by Gasteiger charge is 2.20. The van der Waals surface area contributed by atoms with Gasteiger partial charge in [0, 0.05) is 26.2 Å². The Morgan fingerprint density at radius 3 is 1.93 bits per heavy atom. The van der Waals surface area contributed by atoms with Crippen LogP contribution in [0.5, 0.6) is 0 Å². The molecule has 1 fully saturated rings. The molecule has 0 N–H and O–H groups in total. The third-order valence-corrected chi connectivity index (χ3v) is 5.75. The van der Waals surface area contributed by atoms with Crippen molar-refractivity contribution in [1.82, 2.24) is 9.80 Å². The van der Waals surface area contributed by atoms with Crippen LogP contribution in [-0.4, -0.2) is 48.4 Å². The van der Waals surface area contributed by atoms with E-state index in [0.717, 1.165) is 31.7 Å². The van der Waals surface area contributed by atoms with Crippen LogP contribution in [0.1, 0.15) is 76.7 Å². The Balaban J connectivity index is 1.46. The minimum absolute atomic E-state index is 0.278. The van der Waals surface area contributed by atoms with Crippen LogP contribution in [0.4, 0.5) is 0 Å². The van der Waals surface area contributed by atoms with Crippen molar-refractivity contribution >= 4 is 5.91 Å². The number of benzene rings is 1. The molecule has 3 heteroatoms. The Hall–Kier alpha value is -1.35. The van der Waals surface area contributed by atoms with E-state index in [-0.39, 0.29) is 5.91 Å². The van der Waals surface area contributed by atoms with Crippen molar-refractivity contribution in [3.63, 3.8) is 0 Å². The minimum Gasteiger partial charge on any atom is -0.340 e. The van der Waals surface area contributed by atoms with Crippen molar-refractivity contribution in [1.29, 1.82) is 0 Å². The van der Waals surface area contributed by atoms with E-state index in [0.29, 0.717) is 6.42 Å². The Kier molecular flexibility index (Phi) is 11.2. The highest BCUT2D eigenvalue weighted by atomic mass is 16.2. The number of carbonyl (C=O) groups is 1. The first-order valence-corrected chi connectivity index (χ1v) is 11.3. The first kappa shape index (κ1) is 21.9. The number of hydrogen-bond donors (Lipinski definition) is 0. The molecule has 2 rings (SSSR count). The van der Waals surface area contributed by atoms with Gasteiger partial charge in [0.15, 0.2) is 0 Å². The smallest absolute Gasteiger partial charge is 0.227 e. The van der Waals surface area contributed by atoms with Gasteiger partial charge in [0.05, 0.1) is 6.42 Å². The standard InChI is InChI=1S/C24H40N2O/c1-2-3-4-5-6-7-8-9-10-14-17-25-18-20-26(21-19-25)24(27)22-23-15-12-11-13-16-23/h11-13,15-16H,2-10,14,17-22H2,1H3. The molecular weight excluding hydrogens is 332 g/mol. The molecule has 0 unspecified atom stereocenters. The second-order valence-corrected chi connectivity index (χ2v) is 8.07. The molecule has 1 amide bonds. The number of nitrogens with zero attached hydrogens (tertiary/aromatic N) is 2. The second-order valence-electron chi connectivity index (χ2n) is 8.07. The van der Waals surface area contributed by atoms with Gasteiger partial charge in [-0.05, 0) is 18.5 Å². The third kappa shape index (κ3) is 9.41. The van der Waals surface area contributed by atoms with Crippen molar-refractivity contribution in [3.8, 4) is 0 Å².